The summed E-state index contributed by atoms with van der Waals surface area (Å²) in [6.45, 7) is 4.79. The molecule has 5 rings (SSSR count). The first-order valence-corrected chi connectivity index (χ1v) is 13.1. The van der Waals surface area contributed by atoms with Crippen molar-refractivity contribution in [1.29, 1.82) is 0 Å². The molecule has 3 aliphatic carbocycles. The maximum Gasteiger partial charge on any atom is 0.109 e. The minimum absolute atomic E-state index is 0.562. The highest BCUT2D eigenvalue weighted by atomic mass is 15.4. The van der Waals surface area contributed by atoms with Crippen LogP contribution in [0.2, 0.25) is 0 Å². The number of nitrogens with zero attached hydrogens (tertiary/aromatic N) is 2. The zero-order chi connectivity index (χ0) is 20.5. The van der Waals surface area contributed by atoms with E-state index in [2.05, 4.69) is 47.9 Å². The van der Waals surface area contributed by atoms with Gasteiger partial charge in [0.15, 0.2) is 0 Å². The van der Waals surface area contributed by atoms with Crippen molar-refractivity contribution in [3.05, 3.63) is 41.2 Å². The molecular formula is C28H42N2. The van der Waals surface area contributed by atoms with Gasteiger partial charge in [-0.05, 0) is 69.9 Å². The molecule has 0 aromatic heterocycles. The van der Waals surface area contributed by atoms with E-state index in [0.717, 1.165) is 17.9 Å². The third-order valence-electron chi connectivity index (χ3n) is 8.72. The lowest BCUT2D eigenvalue weighted by atomic mass is 9.83. The number of anilines is 1. The van der Waals surface area contributed by atoms with Gasteiger partial charge < -0.3 is 9.80 Å². The number of aryl methyl sites for hydroxylation is 1. The minimum Gasteiger partial charge on any atom is -0.349 e. The fourth-order valence-corrected chi connectivity index (χ4v) is 7.28. The minimum atomic E-state index is 0.562. The van der Waals surface area contributed by atoms with E-state index in [9.17, 15) is 0 Å². The predicted molar refractivity (Wildman–Crippen MR) is 127 cm³/mol. The summed E-state index contributed by atoms with van der Waals surface area (Å²) >= 11 is 0. The van der Waals surface area contributed by atoms with Gasteiger partial charge in [-0.2, -0.15) is 0 Å². The SMILES string of the molecule is CC1=C(C2CCCCC2)N(C2CCCC2)C(C2CCCCC2)N1c1ccccc1C. The number of para-hydroxylation sites is 1. The van der Waals surface area contributed by atoms with Gasteiger partial charge in [0.2, 0.25) is 0 Å². The molecule has 1 aromatic carbocycles. The number of hydrogen-bond donors (Lipinski definition) is 0. The van der Waals surface area contributed by atoms with Crippen molar-refractivity contribution in [3.8, 4) is 0 Å². The molecule has 4 aliphatic rings. The zero-order valence-corrected chi connectivity index (χ0v) is 19.4. The summed E-state index contributed by atoms with van der Waals surface area (Å²) in [5.74, 6) is 1.61. The van der Waals surface area contributed by atoms with Crippen molar-refractivity contribution in [1.82, 2.24) is 4.90 Å². The summed E-state index contributed by atoms with van der Waals surface area (Å²) in [6.07, 6.45) is 20.5. The Kier molecular flexibility index (Phi) is 6.12. The average molecular weight is 407 g/mol. The maximum atomic E-state index is 3.04. The van der Waals surface area contributed by atoms with Gasteiger partial charge in [0.25, 0.3) is 0 Å². The molecule has 3 fully saturated rings. The van der Waals surface area contributed by atoms with Crippen LogP contribution in [-0.2, 0) is 0 Å². The molecule has 1 aromatic rings. The quantitative estimate of drug-likeness (QED) is 0.503. The van der Waals surface area contributed by atoms with Crippen molar-refractivity contribution in [3.63, 3.8) is 0 Å². The molecule has 0 saturated heterocycles. The maximum absolute atomic E-state index is 3.04. The molecule has 164 valence electrons. The lowest BCUT2D eigenvalue weighted by Gasteiger charge is -2.45. The van der Waals surface area contributed by atoms with E-state index < -0.39 is 0 Å². The van der Waals surface area contributed by atoms with E-state index in [1.807, 2.05) is 0 Å². The lowest BCUT2D eigenvalue weighted by Crippen LogP contribution is -2.50. The Morgan fingerprint density at radius 3 is 1.97 bits per heavy atom. The van der Waals surface area contributed by atoms with Gasteiger partial charge in [-0.3, -0.25) is 0 Å². The summed E-state index contributed by atoms with van der Waals surface area (Å²) in [4.78, 5) is 5.87. The summed E-state index contributed by atoms with van der Waals surface area (Å²) in [7, 11) is 0. The van der Waals surface area contributed by atoms with E-state index in [4.69, 9.17) is 0 Å². The molecule has 0 amide bonds. The second-order valence-electron chi connectivity index (χ2n) is 10.6. The Bertz CT molecular complexity index is 748. The third kappa shape index (κ3) is 3.69. The van der Waals surface area contributed by atoms with Crippen molar-refractivity contribution in [2.24, 2.45) is 11.8 Å². The molecule has 0 spiro atoms. The topological polar surface area (TPSA) is 6.48 Å². The largest absolute Gasteiger partial charge is 0.349 e. The van der Waals surface area contributed by atoms with Crippen LogP contribution in [0, 0.1) is 18.8 Å². The monoisotopic (exact) mass is 406 g/mol. The highest BCUT2D eigenvalue weighted by Crippen LogP contribution is 2.49. The number of allylic oxidation sites excluding steroid dienone is 2. The van der Waals surface area contributed by atoms with Crippen LogP contribution in [0.4, 0.5) is 5.69 Å². The van der Waals surface area contributed by atoms with Crippen LogP contribution in [0.1, 0.15) is 102 Å². The van der Waals surface area contributed by atoms with Crippen LogP contribution < -0.4 is 4.90 Å². The molecule has 1 heterocycles. The molecule has 30 heavy (non-hydrogen) atoms. The van der Waals surface area contributed by atoms with Crippen LogP contribution in [0.25, 0.3) is 0 Å². The zero-order valence-electron chi connectivity index (χ0n) is 19.4. The average Bonchev–Trinajstić information content (AvgIpc) is 3.41. The lowest BCUT2D eigenvalue weighted by molar-refractivity contribution is 0.112. The van der Waals surface area contributed by atoms with Crippen molar-refractivity contribution < 1.29 is 0 Å². The smallest absolute Gasteiger partial charge is 0.109 e. The summed E-state index contributed by atoms with van der Waals surface area (Å²) < 4.78 is 0. The van der Waals surface area contributed by atoms with Gasteiger partial charge in [0, 0.05) is 29.0 Å². The normalized spacial score (nSPS) is 27.5. The Morgan fingerprint density at radius 1 is 0.700 bits per heavy atom. The summed E-state index contributed by atoms with van der Waals surface area (Å²) in [6, 6.07) is 9.95. The Morgan fingerprint density at radius 2 is 1.30 bits per heavy atom. The van der Waals surface area contributed by atoms with Gasteiger partial charge in [0.1, 0.15) is 6.17 Å². The molecule has 1 aliphatic heterocycles. The van der Waals surface area contributed by atoms with Crippen molar-refractivity contribution in [2.75, 3.05) is 4.90 Å². The molecule has 1 unspecified atom stereocenters. The first-order chi connectivity index (χ1) is 14.8. The Balaban J connectivity index is 1.61. The second-order valence-corrected chi connectivity index (χ2v) is 10.6. The third-order valence-corrected chi connectivity index (χ3v) is 8.72. The van der Waals surface area contributed by atoms with Gasteiger partial charge in [-0.25, -0.2) is 0 Å². The molecule has 2 heteroatoms. The van der Waals surface area contributed by atoms with Crippen LogP contribution in [0.5, 0.6) is 0 Å². The summed E-state index contributed by atoms with van der Waals surface area (Å²) in [5, 5.41) is 0. The Hall–Kier alpha value is -1.44. The first kappa shape index (κ1) is 20.5. The fraction of sp³-hybridized carbons (Fsp3) is 0.714. The van der Waals surface area contributed by atoms with Crippen LogP contribution in [0.3, 0.4) is 0 Å². The molecular weight excluding hydrogens is 364 g/mol. The van der Waals surface area contributed by atoms with Crippen molar-refractivity contribution >= 4 is 5.69 Å². The highest BCUT2D eigenvalue weighted by Gasteiger charge is 2.47. The first-order valence-electron chi connectivity index (χ1n) is 13.1. The number of benzene rings is 1. The second kappa shape index (κ2) is 8.97. The van der Waals surface area contributed by atoms with Gasteiger partial charge in [-0.15, -0.1) is 0 Å². The molecule has 0 N–H and O–H groups in total. The number of rotatable bonds is 4. The van der Waals surface area contributed by atoms with Crippen LogP contribution in [0.15, 0.2) is 35.7 Å². The molecule has 0 radical (unpaired) electrons. The molecule has 2 nitrogen and oxygen atoms in total. The van der Waals surface area contributed by atoms with Gasteiger partial charge >= 0.3 is 0 Å². The van der Waals surface area contributed by atoms with E-state index in [1.54, 1.807) is 11.4 Å². The number of hydrogen-bond acceptors (Lipinski definition) is 2. The molecule has 1 atom stereocenters. The van der Waals surface area contributed by atoms with E-state index >= 15 is 0 Å². The Labute approximate surface area is 184 Å². The van der Waals surface area contributed by atoms with E-state index in [-0.39, 0.29) is 0 Å². The molecule has 0 bridgehead atoms. The highest BCUT2D eigenvalue weighted by molar-refractivity contribution is 5.61. The van der Waals surface area contributed by atoms with Crippen molar-refractivity contribution in [2.45, 2.75) is 116 Å². The standard InChI is InChI=1S/C28H42N2/c1-21-13-9-12-20-26(21)29-22(2)27(23-14-5-3-6-15-23)30(25-18-10-11-19-25)28(29)24-16-7-4-8-17-24/h9,12-13,20,23-25,28H,3-8,10-11,14-19H2,1-2H3. The van der Waals surface area contributed by atoms with Gasteiger partial charge in [0.05, 0.1) is 0 Å². The fourth-order valence-electron chi connectivity index (χ4n) is 7.28. The van der Waals surface area contributed by atoms with E-state index in [0.29, 0.717) is 6.17 Å². The summed E-state index contributed by atoms with van der Waals surface area (Å²) in [5.41, 5.74) is 6.27. The molecule has 3 saturated carbocycles. The van der Waals surface area contributed by atoms with E-state index in [1.165, 1.54) is 101 Å². The van der Waals surface area contributed by atoms with Crippen LogP contribution >= 0.6 is 0 Å². The predicted octanol–water partition coefficient (Wildman–Crippen LogP) is 7.78. The van der Waals surface area contributed by atoms with Crippen LogP contribution in [-0.4, -0.2) is 17.1 Å². The van der Waals surface area contributed by atoms with Gasteiger partial charge in [-0.1, -0.05) is 69.6 Å².